The zero-order valence-corrected chi connectivity index (χ0v) is 15.0. The third-order valence-corrected chi connectivity index (χ3v) is 6.50. The predicted octanol–water partition coefficient (Wildman–Crippen LogP) is -0.0276. The van der Waals surface area contributed by atoms with Gasteiger partial charge in [0.05, 0.1) is 22.5 Å². The first-order chi connectivity index (χ1) is 9.93. The SMILES string of the molecule is CCNC(=NCC(C)(C)C(N)=O)N1CCS(=O)(=O)C(C)(C)C1. The number of nitrogens with two attached hydrogens (primary N) is 1. The molecule has 0 saturated carbocycles. The molecule has 7 nitrogen and oxygen atoms in total. The zero-order valence-electron chi connectivity index (χ0n) is 14.1. The number of rotatable bonds is 4. The lowest BCUT2D eigenvalue weighted by atomic mass is 9.93. The van der Waals surface area contributed by atoms with Crippen LogP contribution in [0.4, 0.5) is 0 Å². The molecule has 1 rings (SSSR count). The summed E-state index contributed by atoms with van der Waals surface area (Å²) in [5, 5.41) is 3.16. The first kappa shape index (κ1) is 18.7. The van der Waals surface area contributed by atoms with Gasteiger partial charge in [-0.1, -0.05) is 0 Å². The van der Waals surface area contributed by atoms with E-state index in [2.05, 4.69) is 10.3 Å². The van der Waals surface area contributed by atoms with E-state index in [0.717, 1.165) is 0 Å². The van der Waals surface area contributed by atoms with Gasteiger partial charge in [0.15, 0.2) is 15.8 Å². The minimum Gasteiger partial charge on any atom is -0.369 e. The van der Waals surface area contributed by atoms with Crippen LogP contribution in [0.1, 0.15) is 34.6 Å². The number of hydrogen-bond acceptors (Lipinski definition) is 4. The van der Waals surface area contributed by atoms with Gasteiger partial charge in [-0.05, 0) is 34.6 Å². The number of aliphatic imine (C=N–C) groups is 1. The summed E-state index contributed by atoms with van der Waals surface area (Å²) in [4.78, 5) is 17.8. The molecule has 1 saturated heterocycles. The van der Waals surface area contributed by atoms with Gasteiger partial charge in [0, 0.05) is 19.6 Å². The Labute approximate surface area is 133 Å². The van der Waals surface area contributed by atoms with Crippen molar-refractivity contribution in [3.8, 4) is 0 Å². The maximum atomic E-state index is 12.1. The third-order valence-electron chi connectivity index (χ3n) is 3.97. The Balaban J connectivity index is 2.95. The molecule has 1 fully saturated rings. The zero-order chi connectivity index (χ0) is 17.2. The molecule has 128 valence electrons. The van der Waals surface area contributed by atoms with Gasteiger partial charge in [0.25, 0.3) is 0 Å². The Kier molecular flexibility index (Phi) is 5.48. The van der Waals surface area contributed by atoms with Crippen molar-refractivity contribution in [3.63, 3.8) is 0 Å². The molecule has 0 atom stereocenters. The highest BCUT2D eigenvalue weighted by molar-refractivity contribution is 7.92. The van der Waals surface area contributed by atoms with Gasteiger partial charge >= 0.3 is 0 Å². The number of carbonyl (C=O) groups excluding carboxylic acids is 1. The molecule has 0 aliphatic carbocycles. The maximum Gasteiger partial charge on any atom is 0.224 e. The van der Waals surface area contributed by atoms with E-state index in [9.17, 15) is 13.2 Å². The van der Waals surface area contributed by atoms with Crippen LogP contribution in [0.3, 0.4) is 0 Å². The minimum atomic E-state index is -3.10. The van der Waals surface area contributed by atoms with Crippen molar-refractivity contribution in [2.45, 2.75) is 39.4 Å². The van der Waals surface area contributed by atoms with Crippen molar-refractivity contribution in [2.24, 2.45) is 16.1 Å². The van der Waals surface area contributed by atoms with Crippen LogP contribution in [0.2, 0.25) is 0 Å². The van der Waals surface area contributed by atoms with Gasteiger partial charge in [-0.25, -0.2) is 8.42 Å². The molecule has 3 N–H and O–H groups in total. The number of nitrogens with zero attached hydrogens (tertiary/aromatic N) is 2. The van der Waals surface area contributed by atoms with E-state index in [4.69, 9.17) is 5.73 Å². The summed E-state index contributed by atoms with van der Waals surface area (Å²) >= 11 is 0. The molecule has 1 aliphatic rings. The van der Waals surface area contributed by atoms with Crippen molar-refractivity contribution >= 4 is 21.7 Å². The van der Waals surface area contributed by atoms with Crippen LogP contribution in [0.15, 0.2) is 4.99 Å². The molecule has 0 bridgehead atoms. The van der Waals surface area contributed by atoms with Crippen LogP contribution in [0, 0.1) is 5.41 Å². The lowest BCUT2D eigenvalue weighted by molar-refractivity contribution is -0.125. The van der Waals surface area contributed by atoms with Gasteiger partial charge in [-0.15, -0.1) is 0 Å². The van der Waals surface area contributed by atoms with Crippen LogP contribution in [-0.4, -0.2) is 61.9 Å². The first-order valence-corrected chi connectivity index (χ1v) is 9.13. The molecule has 1 amide bonds. The van der Waals surface area contributed by atoms with Crippen molar-refractivity contribution < 1.29 is 13.2 Å². The molecular formula is C14H28N4O3S. The monoisotopic (exact) mass is 332 g/mol. The Bertz CT molecular complexity index is 552. The smallest absolute Gasteiger partial charge is 0.224 e. The van der Waals surface area contributed by atoms with E-state index in [1.165, 1.54) is 0 Å². The molecule has 22 heavy (non-hydrogen) atoms. The molecule has 0 unspecified atom stereocenters. The first-order valence-electron chi connectivity index (χ1n) is 7.48. The molecule has 0 spiro atoms. The van der Waals surface area contributed by atoms with Gasteiger partial charge in [-0.2, -0.15) is 0 Å². The maximum absolute atomic E-state index is 12.1. The van der Waals surface area contributed by atoms with E-state index in [1.54, 1.807) is 27.7 Å². The summed E-state index contributed by atoms with van der Waals surface area (Å²) in [6.45, 7) is 10.6. The quantitative estimate of drug-likeness (QED) is 0.556. The summed E-state index contributed by atoms with van der Waals surface area (Å²) in [6.07, 6.45) is 0. The van der Waals surface area contributed by atoms with Crippen LogP contribution >= 0.6 is 0 Å². The summed E-state index contributed by atoms with van der Waals surface area (Å²) in [6, 6.07) is 0. The van der Waals surface area contributed by atoms with Gasteiger partial charge in [-0.3, -0.25) is 9.79 Å². The lowest BCUT2D eigenvalue weighted by Gasteiger charge is -2.39. The highest BCUT2D eigenvalue weighted by atomic mass is 32.2. The molecule has 1 heterocycles. The average molecular weight is 332 g/mol. The van der Waals surface area contributed by atoms with E-state index in [1.807, 2.05) is 11.8 Å². The second-order valence-electron chi connectivity index (χ2n) is 6.92. The Hall–Kier alpha value is -1.31. The minimum absolute atomic E-state index is 0.101. The molecule has 1 aliphatic heterocycles. The van der Waals surface area contributed by atoms with E-state index >= 15 is 0 Å². The summed E-state index contributed by atoms with van der Waals surface area (Å²) < 4.78 is 23.4. The second-order valence-corrected chi connectivity index (χ2v) is 9.66. The number of primary amides is 1. The van der Waals surface area contributed by atoms with Gasteiger partial charge in [0.2, 0.25) is 5.91 Å². The number of hydrogen-bond donors (Lipinski definition) is 2. The van der Waals surface area contributed by atoms with Crippen molar-refractivity contribution in [3.05, 3.63) is 0 Å². The topological polar surface area (TPSA) is 105 Å². The number of guanidine groups is 1. The number of carbonyl (C=O) groups is 1. The molecule has 0 radical (unpaired) electrons. The molecule has 0 aromatic rings. The van der Waals surface area contributed by atoms with Crippen LogP contribution < -0.4 is 11.1 Å². The van der Waals surface area contributed by atoms with Crippen molar-refractivity contribution in [2.75, 3.05) is 31.9 Å². The van der Waals surface area contributed by atoms with Crippen molar-refractivity contribution in [1.29, 1.82) is 0 Å². The summed E-state index contributed by atoms with van der Waals surface area (Å²) in [7, 11) is -3.10. The number of sulfone groups is 1. The van der Waals surface area contributed by atoms with Crippen molar-refractivity contribution in [1.82, 2.24) is 10.2 Å². The second kappa shape index (κ2) is 6.44. The molecule has 0 aromatic carbocycles. The Morgan fingerprint density at radius 2 is 2.00 bits per heavy atom. The molecule has 8 heteroatoms. The van der Waals surface area contributed by atoms with E-state index in [0.29, 0.717) is 25.6 Å². The normalized spacial score (nSPS) is 21.5. The highest BCUT2D eigenvalue weighted by Crippen LogP contribution is 2.24. The van der Waals surface area contributed by atoms with Gasteiger partial charge in [0.1, 0.15) is 0 Å². The Morgan fingerprint density at radius 1 is 1.41 bits per heavy atom. The molecular weight excluding hydrogens is 304 g/mol. The summed E-state index contributed by atoms with van der Waals surface area (Å²) in [5.74, 6) is 0.317. The average Bonchev–Trinajstić information content (AvgIpc) is 2.37. The van der Waals surface area contributed by atoms with Gasteiger partial charge < -0.3 is 16.0 Å². The van der Waals surface area contributed by atoms with Crippen LogP contribution in [0.5, 0.6) is 0 Å². The fourth-order valence-corrected chi connectivity index (χ4v) is 3.47. The highest BCUT2D eigenvalue weighted by Gasteiger charge is 2.41. The third kappa shape index (κ3) is 4.12. The number of nitrogens with one attached hydrogen (secondary N) is 1. The standard InChI is InChI=1S/C14H28N4O3S/c1-6-16-12(17-9-13(2,3)11(15)19)18-7-8-22(20,21)14(4,5)10-18/h6-10H2,1-5H3,(H2,15,19)(H,16,17). The van der Waals surface area contributed by atoms with Crippen LogP contribution in [0.25, 0.3) is 0 Å². The largest absolute Gasteiger partial charge is 0.369 e. The predicted molar refractivity (Wildman–Crippen MR) is 88.4 cm³/mol. The van der Waals surface area contributed by atoms with Crippen LogP contribution in [-0.2, 0) is 14.6 Å². The number of amides is 1. The Morgan fingerprint density at radius 3 is 2.45 bits per heavy atom. The fourth-order valence-electron chi connectivity index (χ4n) is 2.10. The summed E-state index contributed by atoms with van der Waals surface area (Å²) in [5.41, 5.74) is 4.63. The fraction of sp³-hybridized carbons (Fsp3) is 0.857. The van der Waals surface area contributed by atoms with E-state index in [-0.39, 0.29) is 12.3 Å². The lowest BCUT2D eigenvalue weighted by Crippen LogP contribution is -2.57. The molecule has 0 aromatic heterocycles. The van der Waals surface area contributed by atoms with E-state index < -0.39 is 25.9 Å².